The summed E-state index contributed by atoms with van der Waals surface area (Å²) < 4.78 is 0. The summed E-state index contributed by atoms with van der Waals surface area (Å²) in [7, 11) is 0. The minimum absolute atomic E-state index is 0.206. The Labute approximate surface area is 107 Å². The molecule has 18 heavy (non-hydrogen) atoms. The summed E-state index contributed by atoms with van der Waals surface area (Å²) >= 11 is 0. The summed E-state index contributed by atoms with van der Waals surface area (Å²) in [5.74, 6) is 0.206. The molecule has 8 heteroatoms. The van der Waals surface area contributed by atoms with Gasteiger partial charge in [-0.25, -0.2) is 0 Å². The van der Waals surface area contributed by atoms with Crippen LogP contribution in [0, 0.1) is 10.1 Å². The van der Waals surface area contributed by atoms with Gasteiger partial charge in [-0.3, -0.25) is 4.99 Å². The molecular weight excluding hydrogens is 238 g/mol. The number of guanidine groups is 1. The lowest BCUT2D eigenvalue weighted by Crippen LogP contribution is -2.31. The minimum atomic E-state index is -1.50. The Hall–Kier alpha value is -1.57. The lowest BCUT2D eigenvalue weighted by Gasteiger charge is -2.23. The molecule has 0 radical (unpaired) electrons. The van der Waals surface area contributed by atoms with Crippen LogP contribution in [0.25, 0.3) is 0 Å². The molecule has 0 spiro atoms. The third-order valence-electron chi connectivity index (χ3n) is 2.66. The van der Waals surface area contributed by atoms with Gasteiger partial charge in [0, 0.05) is 6.54 Å². The van der Waals surface area contributed by atoms with Gasteiger partial charge in [-0.1, -0.05) is 19.3 Å². The highest BCUT2D eigenvalue weighted by Crippen LogP contribution is 2.09. The summed E-state index contributed by atoms with van der Waals surface area (Å²) in [4.78, 5) is 14.8. The van der Waals surface area contributed by atoms with Crippen LogP contribution in [-0.4, -0.2) is 47.3 Å². The van der Waals surface area contributed by atoms with E-state index >= 15 is 0 Å². The number of hydrogen-bond acceptors (Lipinski definition) is 4. The van der Waals surface area contributed by atoms with Gasteiger partial charge in [-0.2, -0.15) is 0 Å². The molecule has 0 bridgehead atoms. The second-order valence-corrected chi connectivity index (χ2v) is 4.15. The Bertz CT molecular complexity index is 244. The first-order valence-electron chi connectivity index (χ1n) is 6.13. The molecule has 1 aliphatic rings. The van der Waals surface area contributed by atoms with E-state index in [0.717, 1.165) is 13.1 Å². The van der Waals surface area contributed by atoms with Crippen LogP contribution in [0.5, 0.6) is 0 Å². The average Bonchev–Trinajstić information content (AvgIpc) is 2.19. The summed E-state index contributed by atoms with van der Waals surface area (Å²) in [5.41, 5.74) is 10.5. The van der Waals surface area contributed by atoms with E-state index in [4.69, 9.17) is 26.8 Å². The fourth-order valence-electron chi connectivity index (χ4n) is 1.86. The predicted molar refractivity (Wildman–Crippen MR) is 69.0 cm³/mol. The molecule has 1 rings (SSSR count). The van der Waals surface area contributed by atoms with E-state index < -0.39 is 5.09 Å². The Balaban J connectivity index is 0.000000631. The van der Waals surface area contributed by atoms with Crippen LogP contribution in [-0.2, 0) is 0 Å². The molecular formula is C10H23N5O3. The molecule has 0 aromatic carbocycles. The van der Waals surface area contributed by atoms with Crippen LogP contribution >= 0.6 is 0 Å². The zero-order chi connectivity index (χ0) is 13.8. The molecule has 0 aromatic rings. The standard InChI is InChI=1S/C10H22N4.HNO3/c11-10(12)13-6-9-14-7-4-2-1-3-5-8-14;2-1(3)4/h1-9H2,(H4,11,12,13);(H,2,3,4). The van der Waals surface area contributed by atoms with Crippen LogP contribution in [0.1, 0.15) is 32.1 Å². The smallest absolute Gasteiger partial charge is 0.291 e. The van der Waals surface area contributed by atoms with Gasteiger partial charge in [-0.05, 0) is 25.9 Å². The van der Waals surface area contributed by atoms with Crippen LogP contribution < -0.4 is 11.5 Å². The molecule has 5 N–H and O–H groups in total. The lowest BCUT2D eigenvalue weighted by molar-refractivity contribution is -0.742. The number of nitrogens with zero attached hydrogens (tertiary/aromatic N) is 3. The molecule has 106 valence electrons. The zero-order valence-corrected chi connectivity index (χ0v) is 10.6. The second-order valence-electron chi connectivity index (χ2n) is 4.15. The van der Waals surface area contributed by atoms with E-state index in [2.05, 4.69) is 9.89 Å². The van der Waals surface area contributed by atoms with Crippen molar-refractivity contribution in [2.45, 2.75) is 32.1 Å². The molecule has 1 saturated heterocycles. The molecule has 0 aliphatic carbocycles. The second kappa shape index (κ2) is 10.6. The Morgan fingerprint density at radius 3 is 2.11 bits per heavy atom. The van der Waals surface area contributed by atoms with Crippen molar-refractivity contribution in [3.63, 3.8) is 0 Å². The molecule has 0 atom stereocenters. The number of aliphatic imine (C=N–C) groups is 1. The van der Waals surface area contributed by atoms with Gasteiger partial charge < -0.3 is 21.6 Å². The van der Waals surface area contributed by atoms with Crippen molar-refractivity contribution in [3.05, 3.63) is 10.1 Å². The Morgan fingerprint density at radius 1 is 1.22 bits per heavy atom. The maximum absolute atomic E-state index is 8.36. The van der Waals surface area contributed by atoms with Gasteiger partial charge >= 0.3 is 0 Å². The van der Waals surface area contributed by atoms with Crippen molar-refractivity contribution in [2.24, 2.45) is 16.5 Å². The van der Waals surface area contributed by atoms with Crippen LogP contribution in [0.3, 0.4) is 0 Å². The van der Waals surface area contributed by atoms with E-state index in [1.165, 1.54) is 45.2 Å². The van der Waals surface area contributed by atoms with E-state index in [1.807, 2.05) is 0 Å². The molecule has 0 aromatic heterocycles. The molecule has 1 heterocycles. The largest absolute Gasteiger partial charge is 0.370 e. The number of nitrogens with two attached hydrogens (primary N) is 2. The summed E-state index contributed by atoms with van der Waals surface area (Å²) in [6.45, 7) is 4.15. The lowest BCUT2D eigenvalue weighted by atomic mass is 10.1. The van der Waals surface area contributed by atoms with Gasteiger partial charge in [0.15, 0.2) is 5.96 Å². The Morgan fingerprint density at radius 2 is 1.67 bits per heavy atom. The number of hydrogen-bond donors (Lipinski definition) is 3. The van der Waals surface area contributed by atoms with Gasteiger partial charge in [0.05, 0.1) is 6.54 Å². The topological polar surface area (TPSA) is 131 Å². The van der Waals surface area contributed by atoms with E-state index in [-0.39, 0.29) is 5.96 Å². The predicted octanol–water partition coefficient (Wildman–Crippen LogP) is 0.178. The highest BCUT2D eigenvalue weighted by molar-refractivity contribution is 5.75. The summed E-state index contributed by atoms with van der Waals surface area (Å²) in [6.07, 6.45) is 6.79. The van der Waals surface area contributed by atoms with Crippen LogP contribution in [0.15, 0.2) is 4.99 Å². The highest BCUT2D eigenvalue weighted by atomic mass is 16.9. The zero-order valence-electron chi connectivity index (χ0n) is 10.6. The van der Waals surface area contributed by atoms with Gasteiger partial charge in [0.2, 0.25) is 0 Å². The van der Waals surface area contributed by atoms with E-state index in [9.17, 15) is 0 Å². The molecule has 0 saturated carbocycles. The fourth-order valence-corrected chi connectivity index (χ4v) is 1.86. The van der Waals surface area contributed by atoms with Crippen LogP contribution in [0.4, 0.5) is 0 Å². The van der Waals surface area contributed by atoms with Gasteiger partial charge in [-0.15, -0.1) is 10.1 Å². The van der Waals surface area contributed by atoms with Crippen molar-refractivity contribution in [3.8, 4) is 0 Å². The molecule has 1 aliphatic heterocycles. The monoisotopic (exact) mass is 261 g/mol. The molecule has 0 amide bonds. The Kier molecular flexibility index (Phi) is 9.65. The molecule has 8 nitrogen and oxygen atoms in total. The highest BCUT2D eigenvalue weighted by Gasteiger charge is 2.06. The van der Waals surface area contributed by atoms with Crippen molar-refractivity contribution in [1.29, 1.82) is 0 Å². The first-order chi connectivity index (χ1) is 8.52. The average molecular weight is 261 g/mol. The SMILES string of the molecule is NC(N)=NCCN1CCCCCCC1.O=[N+]([O-])O. The van der Waals surface area contributed by atoms with Gasteiger partial charge in [0.1, 0.15) is 0 Å². The summed E-state index contributed by atoms with van der Waals surface area (Å²) in [5, 5.41) is 13.6. The first-order valence-corrected chi connectivity index (χ1v) is 6.13. The van der Waals surface area contributed by atoms with Gasteiger partial charge in [0.25, 0.3) is 5.09 Å². The number of likely N-dealkylation sites (tertiary alicyclic amines) is 1. The number of rotatable bonds is 3. The van der Waals surface area contributed by atoms with Crippen molar-refractivity contribution >= 4 is 5.96 Å². The maximum Gasteiger partial charge on any atom is 0.291 e. The minimum Gasteiger partial charge on any atom is -0.370 e. The third-order valence-corrected chi connectivity index (χ3v) is 2.66. The normalized spacial score (nSPS) is 16.7. The van der Waals surface area contributed by atoms with E-state index in [1.54, 1.807) is 0 Å². The van der Waals surface area contributed by atoms with Crippen molar-refractivity contribution in [2.75, 3.05) is 26.2 Å². The maximum atomic E-state index is 8.36. The third kappa shape index (κ3) is 12.5. The molecule has 1 fully saturated rings. The van der Waals surface area contributed by atoms with Crippen molar-refractivity contribution in [1.82, 2.24) is 4.90 Å². The first kappa shape index (κ1) is 16.4. The quantitative estimate of drug-likeness (QED) is 0.287. The summed E-state index contributed by atoms with van der Waals surface area (Å²) in [6, 6.07) is 0. The molecule has 0 unspecified atom stereocenters. The van der Waals surface area contributed by atoms with Crippen LogP contribution in [0.2, 0.25) is 0 Å². The fraction of sp³-hybridized carbons (Fsp3) is 0.900. The van der Waals surface area contributed by atoms with E-state index in [0.29, 0.717) is 0 Å². The van der Waals surface area contributed by atoms with Crippen molar-refractivity contribution < 1.29 is 10.3 Å².